The lowest BCUT2D eigenvalue weighted by Gasteiger charge is -2.15. The van der Waals surface area contributed by atoms with Crippen molar-refractivity contribution in [1.29, 1.82) is 0 Å². The molecule has 5 rings (SSSR count). The summed E-state index contributed by atoms with van der Waals surface area (Å²) < 4.78 is 7.71. The van der Waals surface area contributed by atoms with Gasteiger partial charge in [-0.05, 0) is 41.5 Å². The quantitative estimate of drug-likeness (QED) is 0.302. The minimum absolute atomic E-state index is 0.128. The van der Waals surface area contributed by atoms with Crippen LogP contribution in [0.15, 0.2) is 108 Å². The second-order valence-corrected chi connectivity index (χ2v) is 8.21. The molecular formula is C28H21ClN2O2. The largest absolute Gasteiger partial charge is 0.489 e. The molecule has 0 N–H and O–H groups in total. The lowest BCUT2D eigenvalue weighted by molar-refractivity contribution is 0.306. The van der Waals surface area contributed by atoms with Crippen LogP contribution in [-0.2, 0) is 13.2 Å². The van der Waals surface area contributed by atoms with E-state index < -0.39 is 0 Å². The third-order valence-electron chi connectivity index (χ3n) is 5.44. The van der Waals surface area contributed by atoms with Crippen LogP contribution in [0.25, 0.3) is 22.3 Å². The Hall–Kier alpha value is -3.89. The molecule has 0 spiro atoms. The third kappa shape index (κ3) is 4.66. The number of ether oxygens (including phenoxy) is 1. The van der Waals surface area contributed by atoms with Gasteiger partial charge in [-0.15, -0.1) is 0 Å². The van der Waals surface area contributed by atoms with Crippen LogP contribution in [0.3, 0.4) is 0 Å². The van der Waals surface area contributed by atoms with Gasteiger partial charge in [0.05, 0.1) is 17.4 Å². The molecule has 33 heavy (non-hydrogen) atoms. The highest BCUT2D eigenvalue weighted by atomic mass is 35.5. The summed E-state index contributed by atoms with van der Waals surface area (Å²) in [6.45, 7) is 0.865. The maximum atomic E-state index is 13.5. The second-order valence-electron chi connectivity index (χ2n) is 7.78. The normalized spacial score (nSPS) is 10.9. The summed E-state index contributed by atoms with van der Waals surface area (Å²) in [5.41, 5.74) is 3.40. The molecule has 0 fully saturated rings. The molecule has 0 unspecified atom stereocenters. The molecule has 0 bridgehead atoms. The first kappa shape index (κ1) is 21.0. The number of fused-ring (bicyclic) bond motifs is 1. The molecule has 5 aromatic rings. The minimum Gasteiger partial charge on any atom is -0.489 e. The van der Waals surface area contributed by atoms with E-state index in [2.05, 4.69) is 0 Å². The van der Waals surface area contributed by atoms with Gasteiger partial charge in [0.2, 0.25) is 0 Å². The van der Waals surface area contributed by atoms with Crippen LogP contribution in [0.1, 0.15) is 11.1 Å². The van der Waals surface area contributed by atoms with Gasteiger partial charge in [0, 0.05) is 10.6 Å². The van der Waals surface area contributed by atoms with Crippen molar-refractivity contribution in [2.75, 3.05) is 0 Å². The number of nitrogens with zero attached hydrogens (tertiary/aromatic N) is 2. The van der Waals surface area contributed by atoms with Gasteiger partial charge >= 0.3 is 0 Å². The van der Waals surface area contributed by atoms with Gasteiger partial charge in [0.15, 0.2) is 0 Å². The summed E-state index contributed by atoms with van der Waals surface area (Å²) in [4.78, 5) is 18.4. The Morgan fingerprint density at radius 2 is 1.52 bits per heavy atom. The molecule has 0 saturated heterocycles. The molecule has 0 atom stereocenters. The van der Waals surface area contributed by atoms with E-state index in [1.807, 2.05) is 84.9 Å². The summed E-state index contributed by atoms with van der Waals surface area (Å²) in [5, 5.41) is 1.01. The van der Waals surface area contributed by atoms with Gasteiger partial charge in [-0.25, -0.2) is 4.98 Å². The van der Waals surface area contributed by atoms with Crippen molar-refractivity contribution in [3.63, 3.8) is 0 Å². The van der Waals surface area contributed by atoms with Crippen LogP contribution in [0, 0.1) is 0 Å². The highest BCUT2D eigenvalue weighted by Gasteiger charge is 2.14. The zero-order valence-corrected chi connectivity index (χ0v) is 18.6. The molecule has 162 valence electrons. The maximum Gasteiger partial charge on any atom is 0.262 e. The first-order valence-electron chi connectivity index (χ1n) is 10.7. The van der Waals surface area contributed by atoms with Gasteiger partial charge in [0.25, 0.3) is 5.56 Å². The average Bonchev–Trinajstić information content (AvgIpc) is 2.86. The van der Waals surface area contributed by atoms with Crippen molar-refractivity contribution in [3.05, 3.63) is 130 Å². The Bertz CT molecular complexity index is 1460. The van der Waals surface area contributed by atoms with E-state index in [1.54, 1.807) is 22.8 Å². The SMILES string of the molecule is O=c1c2cc(Cl)ccc2nc(-c2cccc(OCc3ccccc3)c2)n1Cc1ccccc1. The van der Waals surface area contributed by atoms with E-state index >= 15 is 0 Å². The predicted molar refractivity (Wildman–Crippen MR) is 133 cm³/mol. The van der Waals surface area contributed by atoms with Crippen LogP contribution >= 0.6 is 11.6 Å². The Balaban J connectivity index is 1.58. The third-order valence-corrected chi connectivity index (χ3v) is 5.68. The summed E-state index contributed by atoms with van der Waals surface area (Å²) in [7, 11) is 0. The van der Waals surface area contributed by atoms with E-state index in [0.717, 1.165) is 16.7 Å². The van der Waals surface area contributed by atoms with Crippen molar-refractivity contribution < 1.29 is 4.74 Å². The van der Waals surface area contributed by atoms with E-state index in [4.69, 9.17) is 21.3 Å². The standard InChI is InChI=1S/C28H21ClN2O2/c29-23-14-15-26-25(17-23)28(32)31(18-20-8-3-1-4-9-20)27(30-26)22-12-7-13-24(16-22)33-19-21-10-5-2-6-11-21/h1-17H,18-19H2. The molecule has 0 aliphatic rings. The molecule has 0 amide bonds. The first-order chi connectivity index (χ1) is 16.2. The molecule has 1 heterocycles. The predicted octanol–water partition coefficient (Wildman–Crippen LogP) is 6.34. The molecule has 4 aromatic carbocycles. The monoisotopic (exact) mass is 452 g/mol. The van der Waals surface area contributed by atoms with E-state index in [1.165, 1.54) is 0 Å². The lowest BCUT2D eigenvalue weighted by atomic mass is 10.1. The maximum absolute atomic E-state index is 13.5. The van der Waals surface area contributed by atoms with E-state index in [0.29, 0.717) is 40.7 Å². The smallest absolute Gasteiger partial charge is 0.262 e. The van der Waals surface area contributed by atoms with Gasteiger partial charge < -0.3 is 4.74 Å². The fourth-order valence-electron chi connectivity index (χ4n) is 3.79. The minimum atomic E-state index is -0.128. The molecule has 0 saturated carbocycles. The lowest BCUT2D eigenvalue weighted by Crippen LogP contribution is -2.24. The van der Waals surface area contributed by atoms with Gasteiger partial charge in [0.1, 0.15) is 18.2 Å². The number of hydrogen-bond donors (Lipinski definition) is 0. The van der Waals surface area contributed by atoms with Crippen LogP contribution < -0.4 is 10.3 Å². The molecule has 4 nitrogen and oxygen atoms in total. The zero-order valence-electron chi connectivity index (χ0n) is 17.8. The van der Waals surface area contributed by atoms with Crippen LogP contribution in [0.2, 0.25) is 5.02 Å². The van der Waals surface area contributed by atoms with Crippen molar-refractivity contribution >= 4 is 22.5 Å². The molecule has 0 aliphatic heterocycles. The Kier molecular flexibility index (Phi) is 5.92. The van der Waals surface area contributed by atoms with E-state index in [-0.39, 0.29) is 5.56 Å². The Morgan fingerprint density at radius 1 is 0.788 bits per heavy atom. The Labute approximate surface area is 196 Å². The number of hydrogen-bond acceptors (Lipinski definition) is 3. The van der Waals surface area contributed by atoms with Crippen LogP contribution in [-0.4, -0.2) is 9.55 Å². The van der Waals surface area contributed by atoms with Crippen LogP contribution in [0.4, 0.5) is 0 Å². The zero-order chi connectivity index (χ0) is 22.6. The number of benzene rings is 4. The summed E-state index contributed by atoms with van der Waals surface area (Å²) in [6.07, 6.45) is 0. The highest BCUT2D eigenvalue weighted by molar-refractivity contribution is 6.31. The van der Waals surface area contributed by atoms with Crippen molar-refractivity contribution in [2.45, 2.75) is 13.2 Å². The number of rotatable bonds is 6. The summed E-state index contributed by atoms with van der Waals surface area (Å²) in [5.74, 6) is 1.30. The number of halogens is 1. The Morgan fingerprint density at radius 3 is 2.27 bits per heavy atom. The molecular weight excluding hydrogens is 432 g/mol. The molecule has 1 aromatic heterocycles. The molecule has 0 radical (unpaired) electrons. The number of aromatic nitrogens is 2. The van der Waals surface area contributed by atoms with E-state index in [9.17, 15) is 4.79 Å². The van der Waals surface area contributed by atoms with Crippen molar-refractivity contribution in [3.8, 4) is 17.1 Å². The summed E-state index contributed by atoms with van der Waals surface area (Å²) in [6, 6.07) is 32.8. The first-order valence-corrected chi connectivity index (χ1v) is 11.1. The van der Waals surface area contributed by atoms with Gasteiger partial charge in [-0.1, -0.05) is 84.4 Å². The average molecular weight is 453 g/mol. The molecule has 5 heteroatoms. The fraction of sp³-hybridized carbons (Fsp3) is 0.0714. The van der Waals surface area contributed by atoms with Crippen molar-refractivity contribution in [2.24, 2.45) is 0 Å². The highest BCUT2D eigenvalue weighted by Crippen LogP contribution is 2.25. The fourth-order valence-corrected chi connectivity index (χ4v) is 3.96. The van der Waals surface area contributed by atoms with Crippen LogP contribution in [0.5, 0.6) is 5.75 Å². The van der Waals surface area contributed by atoms with Gasteiger partial charge in [-0.2, -0.15) is 0 Å². The van der Waals surface area contributed by atoms with Crippen molar-refractivity contribution in [1.82, 2.24) is 9.55 Å². The van der Waals surface area contributed by atoms with Gasteiger partial charge in [-0.3, -0.25) is 9.36 Å². The molecule has 0 aliphatic carbocycles. The second kappa shape index (κ2) is 9.31. The summed E-state index contributed by atoms with van der Waals surface area (Å²) >= 11 is 6.17. The topological polar surface area (TPSA) is 44.1 Å².